The lowest BCUT2D eigenvalue weighted by Crippen LogP contribution is -2.84. The van der Waals surface area contributed by atoms with E-state index in [4.69, 9.17) is 21.1 Å². The second kappa shape index (κ2) is 7.40. The molecular weight excluding hydrogens is 427 g/mol. The van der Waals surface area contributed by atoms with Crippen molar-refractivity contribution >= 4 is 23.4 Å². The van der Waals surface area contributed by atoms with E-state index < -0.39 is 5.82 Å². The van der Waals surface area contributed by atoms with Crippen LogP contribution in [0.25, 0.3) is 0 Å². The number of rotatable bonds is 9. The quantitative estimate of drug-likeness (QED) is 0.614. The first-order chi connectivity index (χ1) is 14.9. The second-order valence-electron chi connectivity index (χ2n) is 8.69. The van der Waals surface area contributed by atoms with Crippen LogP contribution in [-0.2, 0) is 9.59 Å². The number of nitrogens with one attached hydrogen (secondary N) is 2. The number of hydrogen-bond donors (Lipinski definition) is 2. The SMILES string of the molecule is O=C(COc1ccc(Cl)c(F)c1)NC12CC(NC(=O)COc3ccnn3C3CC3)(C1)C2. The lowest BCUT2D eigenvalue weighted by molar-refractivity contribution is -0.151. The van der Waals surface area contributed by atoms with E-state index in [-0.39, 0.29) is 46.9 Å². The molecular formula is C21H22ClFN4O4. The maximum atomic E-state index is 13.4. The van der Waals surface area contributed by atoms with Crippen molar-refractivity contribution in [2.75, 3.05) is 13.2 Å². The van der Waals surface area contributed by atoms with Crippen molar-refractivity contribution in [3.8, 4) is 11.6 Å². The topological polar surface area (TPSA) is 94.5 Å². The van der Waals surface area contributed by atoms with E-state index in [1.54, 1.807) is 12.3 Å². The summed E-state index contributed by atoms with van der Waals surface area (Å²) in [4.78, 5) is 24.5. The molecule has 4 saturated carbocycles. The van der Waals surface area contributed by atoms with E-state index in [0.29, 0.717) is 31.2 Å². The molecule has 4 aliphatic carbocycles. The number of amides is 2. The highest BCUT2D eigenvalue weighted by Crippen LogP contribution is 2.60. The molecule has 1 aromatic carbocycles. The zero-order valence-electron chi connectivity index (χ0n) is 16.7. The van der Waals surface area contributed by atoms with Crippen molar-refractivity contribution in [2.45, 2.75) is 49.2 Å². The molecule has 0 spiro atoms. The highest BCUT2D eigenvalue weighted by molar-refractivity contribution is 6.30. The van der Waals surface area contributed by atoms with Gasteiger partial charge in [-0.1, -0.05) is 11.6 Å². The first kappa shape index (κ1) is 20.1. The number of carbonyl (C=O) groups excluding carboxylic acids is 2. The number of hydrogen-bond acceptors (Lipinski definition) is 5. The molecule has 0 unspecified atom stereocenters. The van der Waals surface area contributed by atoms with E-state index in [1.807, 2.05) is 4.68 Å². The molecule has 31 heavy (non-hydrogen) atoms. The van der Waals surface area contributed by atoms with Crippen molar-refractivity contribution in [3.05, 3.63) is 41.3 Å². The van der Waals surface area contributed by atoms with Gasteiger partial charge >= 0.3 is 0 Å². The summed E-state index contributed by atoms with van der Waals surface area (Å²) in [7, 11) is 0. The number of ether oxygens (including phenoxy) is 2. The van der Waals surface area contributed by atoms with Crippen LogP contribution in [0, 0.1) is 5.82 Å². The molecule has 8 nitrogen and oxygen atoms in total. The van der Waals surface area contributed by atoms with Gasteiger partial charge in [-0.2, -0.15) is 5.10 Å². The number of nitrogens with zero attached hydrogens (tertiary/aromatic N) is 2. The monoisotopic (exact) mass is 448 g/mol. The molecule has 1 heterocycles. The summed E-state index contributed by atoms with van der Waals surface area (Å²) in [6.07, 6.45) is 5.87. The third-order valence-corrected chi connectivity index (χ3v) is 6.28. The maximum Gasteiger partial charge on any atom is 0.258 e. The predicted molar refractivity (Wildman–Crippen MR) is 108 cm³/mol. The molecule has 4 aliphatic rings. The van der Waals surface area contributed by atoms with Crippen molar-refractivity contribution in [3.63, 3.8) is 0 Å². The normalized spacial score (nSPS) is 25.7. The highest BCUT2D eigenvalue weighted by Gasteiger charge is 2.69. The standard InChI is InChI=1S/C21H22ClFN4O4/c22-15-4-3-14(7-16(15)23)30-8-17(28)25-20-10-21(11-20,12-20)26-18(29)9-31-19-5-6-24-27(19)13-1-2-13/h3-7,13H,1-2,8-12H2,(H,25,28)(H,26,29). The second-order valence-corrected chi connectivity index (χ2v) is 9.09. The largest absolute Gasteiger partial charge is 0.484 e. The number of halogens is 2. The van der Waals surface area contributed by atoms with Crippen LogP contribution in [0.1, 0.15) is 38.1 Å². The summed E-state index contributed by atoms with van der Waals surface area (Å²) in [5.41, 5.74) is -0.574. The smallest absolute Gasteiger partial charge is 0.258 e. The zero-order valence-corrected chi connectivity index (χ0v) is 17.5. The summed E-state index contributed by atoms with van der Waals surface area (Å²) >= 11 is 5.63. The first-order valence-corrected chi connectivity index (χ1v) is 10.6. The molecule has 2 N–H and O–H groups in total. The van der Waals surface area contributed by atoms with Gasteiger partial charge < -0.3 is 20.1 Å². The third-order valence-electron chi connectivity index (χ3n) is 5.98. The first-order valence-electron chi connectivity index (χ1n) is 10.2. The van der Waals surface area contributed by atoms with Crippen LogP contribution >= 0.6 is 11.6 Å². The van der Waals surface area contributed by atoms with Gasteiger partial charge in [0, 0.05) is 23.2 Å². The van der Waals surface area contributed by atoms with E-state index in [2.05, 4.69) is 15.7 Å². The van der Waals surface area contributed by atoms with Crippen LogP contribution in [0.2, 0.25) is 5.02 Å². The molecule has 10 heteroatoms. The van der Waals surface area contributed by atoms with Gasteiger partial charge in [-0.25, -0.2) is 9.07 Å². The Balaban J connectivity index is 1.03. The molecule has 1 aromatic heterocycles. The molecule has 0 atom stereocenters. The number of benzene rings is 1. The Morgan fingerprint density at radius 2 is 1.74 bits per heavy atom. The van der Waals surface area contributed by atoms with Crippen molar-refractivity contribution in [2.24, 2.45) is 0 Å². The number of aromatic nitrogens is 2. The van der Waals surface area contributed by atoms with Crippen molar-refractivity contribution < 1.29 is 23.5 Å². The van der Waals surface area contributed by atoms with Gasteiger partial charge in [0.15, 0.2) is 13.2 Å². The molecule has 2 aromatic rings. The minimum atomic E-state index is -0.599. The average molecular weight is 449 g/mol. The van der Waals surface area contributed by atoms with Crippen LogP contribution in [-0.4, -0.2) is 45.9 Å². The summed E-state index contributed by atoms with van der Waals surface area (Å²) in [6.45, 7) is -0.282. The molecule has 2 amide bonds. The lowest BCUT2D eigenvalue weighted by Gasteiger charge is -2.70. The Kier molecular flexibility index (Phi) is 4.80. The molecule has 2 bridgehead atoms. The van der Waals surface area contributed by atoms with Crippen molar-refractivity contribution in [1.82, 2.24) is 20.4 Å². The fourth-order valence-corrected chi connectivity index (χ4v) is 4.70. The van der Waals surface area contributed by atoms with Gasteiger partial charge in [-0.15, -0.1) is 0 Å². The Labute approximate surface area is 183 Å². The van der Waals surface area contributed by atoms with Crippen molar-refractivity contribution in [1.29, 1.82) is 0 Å². The Hall–Kier alpha value is -2.81. The fraction of sp³-hybridized carbons (Fsp3) is 0.476. The molecule has 0 saturated heterocycles. The van der Waals surface area contributed by atoms with Gasteiger partial charge in [-0.05, 0) is 44.2 Å². The summed E-state index contributed by atoms with van der Waals surface area (Å²) in [5.74, 6) is -0.221. The van der Waals surface area contributed by atoms with Gasteiger partial charge in [0.25, 0.3) is 11.8 Å². The van der Waals surface area contributed by atoms with Gasteiger partial charge in [-0.3, -0.25) is 9.59 Å². The summed E-state index contributed by atoms with van der Waals surface area (Å²) in [6, 6.07) is 6.17. The van der Waals surface area contributed by atoms with E-state index in [9.17, 15) is 14.0 Å². The van der Waals surface area contributed by atoms with Gasteiger partial charge in [0.1, 0.15) is 11.6 Å². The van der Waals surface area contributed by atoms with Crippen LogP contribution in [0.4, 0.5) is 4.39 Å². The highest BCUT2D eigenvalue weighted by atomic mass is 35.5. The maximum absolute atomic E-state index is 13.4. The molecule has 0 radical (unpaired) electrons. The zero-order chi connectivity index (χ0) is 21.6. The molecule has 164 valence electrons. The lowest BCUT2D eigenvalue weighted by atomic mass is 9.44. The Morgan fingerprint density at radius 1 is 1.10 bits per heavy atom. The van der Waals surface area contributed by atoms with E-state index in [1.165, 1.54) is 12.1 Å². The Morgan fingerprint density at radius 3 is 2.35 bits per heavy atom. The van der Waals surface area contributed by atoms with Crippen LogP contribution < -0.4 is 20.1 Å². The van der Waals surface area contributed by atoms with Crippen LogP contribution in [0.15, 0.2) is 30.5 Å². The van der Waals surface area contributed by atoms with E-state index >= 15 is 0 Å². The average Bonchev–Trinajstić information content (AvgIpc) is 3.42. The third kappa shape index (κ3) is 4.06. The summed E-state index contributed by atoms with van der Waals surface area (Å²) < 4.78 is 26.2. The van der Waals surface area contributed by atoms with Gasteiger partial charge in [0.2, 0.25) is 5.88 Å². The Bertz CT molecular complexity index is 1020. The van der Waals surface area contributed by atoms with E-state index in [0.717, 1.165) is 18.9 Å². The molecule has 6 rings (SSSR count). The molecule has 4 fully saturated rings. The predicted octanol–water partition coefficient (Wildman–Crippen LogP) is 2.38. The fourth-order valence-electron chi connectivity index (χ4n) is 4.58. The van der Waals surface area contributed by atoms with Gasteiger partial charge in [0.05, 0.1) is 17.3 Å². The molecule has 0 aliphatic heterocycles. The van der Waals surface area contributed by atoms with Crippen LogP contribution in [0.5, 0.6) is 11.6 Å². The summed E-state index contributed by atoms with van der Waals surface area (Å²) in [5, 5.41) is 10.2. The van der Waals surface area contributed by atoms with Crippen LogP contribution in [0.3, 0.4) is 0 Å². The minimum Gasteiger partial charge on any atom is -0.484 e. The minimum absolute atomic E-state index is 0.00282. The number of carbonyl (C=O) groups is 2.